The van der Waals surface area contributed by atoms with E-state index in [1.54, 1.807) is 0 Å². The molecule has 6 nitrogen and oxygen atoms in total. The zero-order valence-corrected chi connectivity index (χ0v) is 11.1. The van der Waals surface area contributed by atoms with Gasteiger partial charge in [-0.1, -0.05) is 30.3 Å². The van der Waals surface area contributed by atoms with Crippen LogP contribution in [-0.2, 0) is 4.79 Å². The van der Waals surface area contributed by atoms with E-state index < -0.39 is 17.4 Å². The molecular weight excluding hydrogens is 270 g/mol. The summed E-state index contributed by atoms with van der Waals surface area (Å²) in [7, 11) is 0. The molecule has 1 aliphatic rings. The third-order valence-corrected chi connectivity index (χ3v) is 3.68. The Hall–Kier alpha value is -2.76. The number of aromatic nitrogens is 2. The summed E-state index contributed by atoms with van der Waals surface area (Å²) in [5, 5.41) is 12.1. The summed E-state index contributed by atoms with van der Waals surface area (Å²) >= 11 is 0. The fourth-order valence-electron chi connectivity index (χ4n) is 2.46. The van der Waals surface area contributed by atoms with Crippen LogP contribution in [0.4, 0.5) is 0 Å². The van der Waals surface area contributed by atoms with Crippen LogP contribution < -0.4 is 5.32 Å². The van der Waals surface area contributed by atoms with Crippen molar-refractivity contribution in [3.05, 3.63) is 60.2 Å². The smallest absolute Gasteiger partial charge is 0.330 e. The van der Waals surface area contributed by atoms with Crippen LogP contribution in [0.2, 0.25) is 0 Å². The number of carbonyl (C=O) groups excluding carboxylic acids is 1. The Bertz CT molecular complexity index is 675. The van der Waals surface area contributed by atoms with Crippen molar-refractivity contribution >= 4 is 11.9 Å². The maximum Gasteiger partial charge on any atom is 0.330 e. The van der Waals surface area contributed by atoms with E-state index in [4.69, 9.17) is 0 Å². The molecule has 1 aromatic heterocycles. The highest BCUT2D eigenvalue weighted by Crippen LogP contribution is 2.51. The van der Waals surface area contributed by atoms with Crippen molar-refractivity contribution in [3.63, 3.8) is 0 Å². The summed E-state index contributed by atoms with van der Waals surface area (Å²) in [5.41, 5.74) is -0.244. The summed E-state index contributed by atoms with van der Waals surface area (Å²) in [6.07, 6.45) is 4.53. The summed E-state index contributed by atoms with van der Waals surface area (Å²) in [6, 6.07) is 9.30. The minimum Gasteiger partial charge on any atom is -0.479 e. The Morgan fingerprint density at radius 3 is 2.62 bits per heavy atom. The van der Waals surface area contributed by atoms with Gasteiger partial charge in [0, 0.05) is 18.3 Å². The third-order valence-electron chi connectivity index (χ3n) is 3.68. The molecule has 0 aliphatic heterocycles. The van der Waals surface area contributed by atoms with E-state index >= 15 is 0 Å². The highest BCUT2D eigenvalue weighted by molar-refractivity contribution is 5.98. The number of nitrogens with zero attached hydrogens (tertiary/aromatic N) is 2. The molecule has 1 aliphatic carbocycles. The van der Waals surface area contributed by atoms with Gasteiger partial charge >= 0.3 is 5.97 Å². The molecule has 2 N–H and O–H groups in total. The molecule has 0 radical (unpaired) electrons. The Kier molecular flexibility index (Phi) is 3.13. The van der Waals surface area contributed by atoms with Crippen molar-refractivity contribution in [1.82, 2.24) is 15.3 Å². The molecule has 1 aromatic carbocycles. The van der Waals surface area contributed by atoms with Gasteiger partial charge in [-0.05, 0) is 12.0 Å². The summed E-state index contributed by atoms with van der Waals surface area (Å²) < 4.78 is 0. The average molecular weight is 283 g/mol. The molecule has 0 bridgehead atoms. The standard InChI is InChI=1S/C15H13N3O3/c19-13(12-9-16-6-7-17-12)18-15(14(20)21)8-11(15)10-4-2-1-3-5-10/h1-7,9,11H,8H2,(H,18,19)(H,20,21). The van der Waals surface area contributed by atoms with Crippen LogP contribution in [0.15, 0.2) is 48.9 Å². The molecule has 2 aromatic rings. The first-order chi connectivity index (χ1) is 10.1. The van der Waals surface area contributed by atoms with Crippen molar-refractivity contribution < 1.29 is 14.7 Å². The molecule has 3 rings (SSSR count). The van der Waals surface area contributed by atoms with Crippen LogP contribution >= 0.6 is 0 Å². The van der Waals surface area contributed by atoms with Crippen LogP contribution in [0, 0.1) is 0 Å². The van der Waals surface area contributed by atoms with Crippen LogP contribution in [0.3, 0.4) is 0 Å². The van der Waals surface area contributed by atoms with Crippen LogP contribution in [0.1, 0.15) is 28.4 Å². The predicted molar refractivity (Wildman–Crippen MR) is 73.7 cm³/mol. The van der Waals surface area contributed by atoms with E-state index in [1.165, 1.54) is 18.6 Å². The number of hydrogen-bond acceptors (Lipinski definition) is 4. The summed E-state index contributed by atoms with van der Waals surface area (Å²) in [6.45, 7) is 0. The summed E-state index contributed by atoms with van der Waals surface area (Å²) in [4.78, 5) is 31.4. The molecule has 1 fully saturated rings. The Morgan fingerprint density at radius 2 is 2.00 bits per heavy atom. The zero-order chi connectivity index (χ0) is 14.9. The van der Waals surface area contributed by atoms with E-state index in [-0.39, 0.29) is 11.6 Å². The first-order valence-electron chi connectivity index (χ1n) is 6.50. The molecule has 2 unspecified atom stereocenters. The van der Waals surface area contributed by atoms with Crippen molar-refractivity contribution in [2.75, 3.05) is 0 Å². The van der Waals surface area contributed by atoms with Crippen molar-refractivity contribution in [2.24, 2.45) is 0 Å². The quantitative estimate of drug-likeness (QED) is 0.880. The monoisotopic (exact) mass is 283 g/mol. The lowest BCUT2D eigenvalue weighted by molar-refractivity contribution is -0.140. The summed E-state index contributed by atoms with van der Waals surface area (Å²) in [5.74, 6) is -1.78. The number of aliphatic carboxylic acids is 1. The molecule has 1 saturated carbocycles. The molecule has 0 spiro atoms. The number of hydrogen-bond donors (Lipinski definition) is 2. The zero-order valence-electron chi connectivity index (χ0n) is 11.1. The molecule has 21 heavy (non-hydrogen) atoms. The number of carboxylic acids is 1. The number of rotatable bonds is 4. The van der Waals surface area contributed by atoms with E-state index in [2.05, 4.69) is 15.3 Å². The Morgan fingerprint density at radius 1 is 1.24 bits per heavy atom. The van der Waals surface area contributed by atoms with Gasteiger partial charge in [0.1, 0.15) is 11.2 Å². The van der Waals surface area contributed by atoms with E-state index in [9.17, 15) is 14.7 Å². The third kappa shape index (κ3) is 2.35. The van der Waals surface area contributed by atoms with Gasteiger partial charge in [-0.2, -0.15) is 0 Å². The topological polar surface area (TPSA) is 92.2 Å². The maximum absolute atomic E-state index is 12.1. The molecule has 1 heterocycles. The van der Waals surface area contributed by atoms with Gasteiger partial charge in [-0.3, -0.25) is 9.78 Å². The number of amides is 1. The first kappa shape index (κ1) is 13.2. The molecular formula is C15H13N3O3. The fraction of sp³-hybridized carbons (Fsp3) is 0.200. The number of nitrogens with one attached hydrogen (secondary N) is 1. The second kappa shape index (κ2) is 4.97. The van der Waals surface area contributed by atoms with Gasteiger partial charge in [-0.25, -0.2) is 9.78 Å². The second-order valence-corrected chi connectivity index (χ2v) is 4.99. The fourth-order valence-corrected chi connectivity index (χ4v) is 2.46. The Balaban J connectivity index is 1.82. The van der Waals surface area contributed by atoms with Crippen molar-refractivity contribution in [1.29, 1.82) is 0 Å². The van der Waals surface area contributed by atoms with Crippen LogP contribution in [0.25, 0.3) is 0 Å². The highest BCUT2D eigenvalue weighted by atomic mass is 16.4. The van der Waals surface area contributed by atoms with Crippen molar-refractivity contribution in [2.45, 2.75) is 17.9 Å². The van der Waals surface area contributed by atoms with Gasteiger partial charge < -0.3 is 10.4 Å². The van der Waals surface area contributed by atoms with E-state index in [0.717, 1.165) is 5.56 Å². The minimum absolute atomic E-state index is 0.108. The molecule has 2 atom stereocenters. The van der Waals surface area contributed by atoms with E-state index in [1.807, 2.05) is 30.3 Å². The second-order valence-electron chi connectivity index (χ2n) is 4.99. The van der Waals surface area contributed by atoms with E-state index in [0.29, 0.717) is 6.42 Å². The minimum atomic E-state index is -1.25. The van der Waals surface area contributed by atoms with Crippen LogP contribution in [0.5, 0.6) is 0 Å². The number of benzene rings is 1. The molecule has 0 saturated heterocycles. The predicted octanol–water partition coefficient (Wildman–Crippen LogP) is 1.22. The average Bonchev–Trinajstić information content (AvgIpc) is 3.25. The van der Waals surface area contributed by atoms with Gasteiger partial charge in [0.25, 0.3) is 5.91 Å². The lowest BCUT2D eigenvalue weighted by Gasteiger charge is -2.14. The number of carbonyl (C=O) groups is 2. The maximum atomic E-state index is 12.1. The lowest BCUT2D eigenvalue weighted by Crippen LogP contribution is -2.44. The lowest BCUT2D eigenvalue weighted by atomic mass is 10.1. The van der Waals surface area contributed by atoms with Gasteiger partial charge in [-0.15, -0.1) is 0 Å². The largest absolute Gasteiger partial charge is 0.479 e. The van der Waals surface area contributed by atoms with Gasteiger partial charge in [0.2, 0.25) is 0 Å². The van der Waals surface area contributed by atoms with Gasteiger partial charge in [0.05, 0.1) is 6.20 Å². The normalized spacial score (nSPS) is 23.3. The van der Waals surface area contributed by atoms with Gasteiger partial charge in [0.15, 0.2) is 0 Å². The van der Waals surface area contributed by atoms with Crippen LogP contribution in [-0.4, -0.2) is 32.5 Å². The molecule has 106 valence electrons. The van der Waals surface area contributed by atoms with Crippen molar-refractivity contribution in [3.8, 4) is 0 Å². The number of carboxylic acid groups (broad SMARTS) is 1. The molecule has 1 amide bonds. The highest BCUT2D eigenvalue weighted by Gasteiger charge is 2.62. The SMILES string of the molecule is O=C(NC1(C(=O)O)CC1c1ccccc1)c1cnccn1. The Labute approximate surface area is 120 Å². The first-order valence-corrected chi connectivity index (χ1v) is 6.50. The molecule has 6 heteroatoms.